The number of nitrogens with one attached hydrogen (secondary N) is 4. The summed E-state index contributed by atoms with van der Waals surface area (Å²) in [4.78, 5) is 67.1. The van der Waals surface area contributed by atoms with E-state index in [1.807, 2.05) is 10.6 Å². The fourth-order valence-corrected chi connectivity index (χ4v) is 11.3. The molecule has 0 spiro atoms. The van der Waals surface area contributed by atoms with E-state index in [4.69, 9.17) is 4.74 Å². The van der Waals surface area contributed by atoms with Gasteiger partial charge >= 0.3 is 24.5 Å². The molecule has 3 saturated heterocycles. The number of halogens is 8. The molecule has 20 nitrogen and oxygen atoms in total. The van der Waals surface area contributed by atoms with Crippen LogP contribution in [0, 0.1) is 40.2 Å². The number of nitrogens with zero attached hydrogens (tertiary/aromatic N) is 8. The van der Waals surface area contributed by atoms with Crippen LogP contribution in [-0.4, -0.2) is 166 Å². The van der Waals surface area contributed by atoms with Crippen LogP contribution in [-0.2, 0) is 42.3 Å². The zero-order valence-electron chi connectivity index (χ0n) is 46.2. The van der Waals surface area contributed by atoms with Crippen LogP contribution < -0.4 is 26.3 Å². The first kappa shape index (κ1) is 60.4. The summed E-state index contributed by atoms with van der Waals surface area (Å²) in [5.74, 6) is 1.56. The van der Waals surface area contributed by atoms with Crippen LogP contribution in [0.25, 0.3) is 11.3 Å². The number of anilines is 1. The highest BCUT2D eigenvalue weighted by Crippen LogP contribution is 2.62. The Hall–Kier alpha value is -7.22. The van der Waals surface area contributed by atoms with Gasteiger partial charge in [0.2, 0.25) is 11.9 Å². The molecule has 2 aromatic carbocycles. The standard InChI is InChI=1S/C55H64F8N12O8/c1-51(2,54(58,59)60)44(67-49(79)81-5)46(77)66-41(15-31-10-7-30(8-11-31)9-12-32-21-64-48(65-22-32)72-23-35-13-14-36(24-72)75(35)37-28-83-29-37)43(76)27-73(70-47(78)45(68-50(80)82-6)52(3,4)55(61,62)63)25-38-39(56)16-34(17-40(38)57)42-26-74(71-69-42)53-18-33(19-53)20-53/h7-8,10-11,16-17,21-22,26,33,35-37,41,43-45,76H,13-15,18-20,23-25,27-29H2,1-6H3,(H,66,77)(H,67,79)(H,68,80)(H,70,78)/t33?,35?,36?,41-,43-,44+,45+,53?/m0/s1. The molecule has 6 fully saturated rings. The monoisotopic (exact) mass is 1170 g/mol. The smallest absolute Gasteiger partial charge is 0.407 e. The summed E-state index contributed by atoms with van der Waals surface area (Å²) in [5, 5.41) is 27.1. The highest BCUT2D eigenvalue weighted by atomic mass is 19.4. The van der Waals surface area contributed by atoms with Gasteiger partial charge in [0.1, 0.15) is 29.4 Å². The van der Waals surface area contributed by atoms with Gasteiger partial charge in [0, 0.05) is 67.3 Å². The number of alkyl carbamates (subject to hydrolysis) is 2. The maximum atomic E-state index is 16.3. The topological polar surface area (TPSA) is 231 Å². The highest BCUT2D eigenvalue weighted by molar-refractivity contribution is 5.87. The maximum absolute atomic E-state index is 16.3. The largest absolute Gasteiger partial charge is 0.453 e. The van der Waals surface area contributed by atoms with E-state index >= 15 is 8.78 Å². The predicted octanol–water partition coefficient (Wildman–Crippen LogP) is 5.52. The van der Waals surface area contributed by atoms with Gasteiger partial charge in [0.15, 0.2) is 0 Å². The zero-order valence-corrected chi connectivity index (χ0v) is 46.2. The minimum Gasteiger partial charge on any atom is -0.453 e. The zero-order chi connectivity index (χ0) is 60.0. The Labute approximate surface area is 472 Å². The number of hydrogen-bond acceptors (Lipinski definition) is 15. The minimum absolute atomic E-state index is 0.0437. The average Bonchev–Trinajstić information content (AvgIpc) is 2.48. The molecule has 6 aliphatic rings. The number of aliphatic hydroxyl groups excluding tert-OH is 1. The molecule has 3 aliphatic heterocycles. The van der Waals surface area contributed by atoms with E-state index in [1.165, 1.54) is 12.1 Å². The first-order chi connectivity index (χ1) is 39.1. The van der Waals surface area contributed by atoms with Gasteiger partial charge in [0.25, 0.3) is 5.91 Å². The van der Waals surface area contributed by atoms with E-state index in [2.05, 4.69) is 62.1 Å². The van der Waals surface area contributed by atoms with E-state index in [0.29, 0.717) is 79.4 Å². The number of piperazine rings is 1. The van der Waals surface area contributed by atoms with Crippen LogP contribution in [0.5, 0.6) is 0 Å². The van der Waals surface area contributed by atoms with Gasteiger partial charge < -0.3 is 40.2 Å². The number of hydrazine groups is 1. The average molecular weight is 1170 g/mol. The number of alkyl halides is 6. The molecule has 4 aromatic rings. The summed E-state index contributed by atoms with van der Waals surface area (Å²) < 4.78 is 136. The molecule has 3 aliphatic carbocycles. The van der Waals surface area contributed by atoms with E-state index < -0.39 is 108 Å². The summed E-state index contributed by atoms with van der Waals surface area (Å²) in [7, 11) is 1.67. The number of fused-ring (bicyclic) bond motifs is 2. The van der Waals surface area contributed by atoms with E-state index in [9.17, 15) is 50.6 Å². The molecule has 5 N–H and O–H groups in total. The minimum atomic E-state index is -5.19. The number of amides is 4. The lowest BCUT2D eigenvalue weighted by Gasteiger charge is -2.61. The molecule has 28 heteroatoms. The molecular formula is C55H64F8N12O8. The number of rotatable bonds is 19. The molecule has 6 atom stereocenters. The second kappa shape index (κ2) is 23.4. The highest BCUT2D eigenvalue weighted by Gasteiger charge is 2.60. The van der Waals surface area contributed by atoms with Crippen molar-refractivity contribution in [2.75, 3.05) is 52.0 Å². The SMILES string of the molecule is COC(=O)N[C@H](C(=O)N[C@@H](Cc1ccc(C#Cc2cnc(N3CC4CCC(C3)N4C3COC3)nc2)cc1)[C@@H](O)CN(Cc1c(F)cc(-c2cn(C34CC(C3)C4)nn2)cc1F)NC(=O)[C@@H](NC(=O)OC)C(C)(C)C(F)(F)F)C(C)(C)C(F)(F)F. The van der Waals surface area contributed by atoms with Crippen molar-refractivity contribution >= 4 is 29.9 Å². The van der Waals surface area contributed by atoms with Gasteiger partial charge in [-0.15, -0.1) is 5.10 Å². The number of aliphatic hydroxyl groups is 1. The number of benzene rings is 2. The van der Waals surface area contributed by atoms with Crippen molar-refractivity contribution in [3.8, 4) is 23.1 Å². The molecule has 2 unspecified atom stereocenters. The fourth-order valence-electron chi connectivity index (χ4n) is 11.3. The van der Waals surface area contributed by atoms with E-state index in [-0.39, 0.29) is 16.8 Å². The first-order valence-electron chi connectivity index (χ1n) is 26.9. The maximum Gasteiger partial charge on any atom is 0.407 e. The van der Waals surface area contributed by atoms with E-state index in [1.54, 1.807) is 35.4 Å². The van der Waals surface area contributed by atoms with Crippen LogP contribution in [0.4, 0.5) is 50.7 Å². The summed E-state index contributed by atoms with van der Waals surface area (Å²) >= 11 is 0. The molecule has 5 heterocycles. The molecule has 3 saturated carbocycles. The Bertz CT molecular complexity index is 3060. The summed E-state index contributed by atoms with van der Waals surface area (Å²) in [6.45, 7) is 3.41. The Kier molecular flexibility index (Phi) is 17.1. The number of carbonyl (C=O) groups is 4. The van der Waals surface area contributed by atoms with E-state index in [0.717, 1.165) is 84.8 Å². The lowest BCUT2D eigenvalue weighted by atomic mass is 9.50. The number of hydrogen-bond donors (Lipinski definition) is 5. The molecule has 4 bridgehead atoms. The van der Waals surface area contributed by atoms with Crippen molar-refractivity contribution < 1.29 is 73.6 Å². The molecule has 448 valence electrons. The van der Waals surface area contributed by atoms with Crippen LogP contribution in [0.15, 0.2) is 55.0 Å². The molecule has 83 heavy (non-hydrogen) atoms. The third-order valence-electron chi connectivity index (χ3n) is 16.8. The summed E-state index contributed by atoms with van der Waals surface area (Å²) in [5.41, 5.74) is -3.63. The third-order valence-corrected chi connectivity index (χ3v) is 16.8. The predicted molar refractivity (Wildman–Crippen MR) is 279 cm³/mol. The Morgan fingerprint density at radius 1 is 0.795 bits per heavy atom. The van der Waals surface area contributed by atoms with Crippen molar-refractivity contribution in [1.29, 1.82) is 0 Å². The second-order valence-electron chi connectivity index (χ2n) is 23.1. The van der Waals surface area contributed by atoms with Crippen LogP contribution in [0.1, 0.15) is 82.1 Å². The molecule has 10 rings (SSSR count). The van der Waals surface area contributed by atoms with Gasteiger partial charge in [-0.1, -0.05) is 29.2 Å². The van der Waals surface area contributed by atoms with Gasteiger partial charge in [-0.25, -0.2) is 38.0 Å². The second-order valence-corrected chi connectivity index (χ2v) is 23.1. The van der Waals surface area contributed by atoms with Crippen molar-refractivity contribution in [3.63, 3.8) is 0 Å². The lowest BCUT2D eigenvalue weighted by Crippen LogP contribution is -2.63. The number of ether oxygens (including phenoxy) is 3. The quantitative estimate of drug-likeness (QED) is 0.0442. The van der Waals surface area contributed by atoms with Gasteiger partial charge in [0.05, 0.1) is 73.8 Å². The molecule has 4 amide bonds. The molecule has 0 radical (unpaired) electrons. The number of carbonyl (C=O) groups excluding carboxylic acids is 4. The Balaban J connectivity index is 0.988. The van der Waals surface area contributed by atoms with Gasteiger partial charge in [-0.2, -0.15) is 26.3 Å². The Morgan fingerprint density at radius 3 is 1.83 bits per heavy atom. The third kappa shape index (κ3) is 12.7. The molecule has 2 aromatic heterocycles. The van der Waals surface area contributed by atoms with Crippen molar-refractivity contribution in [3.05, 3.63) is 88.9 Å². The van der Waals surface area contributed by atoms with Crippen LogP contribution in [0.3, 0.4) is 0 Å². The fraction of sp³-hybridized carbons (Fsp3) is 0.564. The Morgan fingerprint density at radius 2 is 1.34 bits per heavy atom. The number of aromatic nitrogens is 5. The van der Waals surface area contributed by atoms with Crippen molar-refractivity contribution in [1.82, 2.24) is 56.2 Å². The van der Waals surface area contributed by atoms with Crippen LogP contribution in [0.2, 0.25) is 0 Å². The van der Waals surface area contributed by atoms with Gasteiger partial charge in [-0.3, -0.25) is 19.9 Å². The first-order valence-corrected chi connectivity index (χ1v) is 26.9. The normalized spacial score (nSPS) is 22.1. The molecular weight excluding hydrogens is 1110 g/mol. The van der Waals surface area contributed by atoms with Crippen molar-refractivity contribution in [2.24, 2.45) is 16.7 Å². The summed E-state index contributed by atoms with van der Waals surface area (Å²) in [6, 6.07) is 2.55. The lowest BCUT2D eigenvalue weighted by molar-refractivity contribution is -0.221. The van der Waals surface area contributed by atoms with Gasteiger partial charge in [-0.05, 0) is 102 Å². The summed E-state index contributed by atoms with van der Waals surface area (Å²) in [6.07, 6.45) is -6.18. The van der Waals surface area contributed by atoms with Crippen molar-refractivity contribution in [2.45, 2.75) is 133 Å². The number of methoxy groups -OCH3 is 2. The van der Waals surface area contributed by atoms with Crippen LogP contribution >= 0.6 is 0 Å².